The van der Waals surface area contributed by atoms with Gasteiger partial charge in [-0.15, -0.1) is 0 Å². The molecule has 1 aromatic heterocycles. The number of ether oxygens (including phenoxy) is 2. The molecule has 22 heavy (non-hydrogen) atoms. The molecule has 0 unspecified atom stereocenters. The molecule has 2 aromatic rings. The van der Waals surface area contributed by atoms with Crippen LogP contribution < -0.4 is 9.47 Å². The number of hydrogen-bond donors (Lipinski definition) is 1. The summed E-state index contributed by atoms with van der Waals surface area (Å²) < 4.78 is 12.8. The van der Waals surface area contributed by atoms with E-state index in [1.165, 1.54) is 0 Å². The van der Waals surface area contributed by atoms with Gasteiger partial charge in [0.2, 0.25) is 0 Å². The molecule has 1 N–H and O–H groups in total. The average molecular weight is 320 g/mol. The largest absolute Gasteiger partial charge is 0.493 e. The van der Waals surface area contributed by atoms with Crippen molar-refractivity contribution in [2.75, 3.05) is 18.6 Å². The summed E-state index contributed by atoms with van der Waals surface area (Å²) in [5.74, 6) is 2.24. The highest BCUT2D eigenvalue weighted by atomic mass is 32.2. The van der Waals surface area contributed by atoms with Gasteiger partial charge in [-0.05, 0) is 24.3 Å². The molecule has 116 valence electrons. The highest BCUT2D eigenvalue weighted by Gasteiger charge is 2.22. The van der Waals surface area contributed by atoms with Crippen molar-refractivity contribution < 1.29 is 19.4 Å². The standard InChI is InChI=1S/C15H16N2O4S/c1-17-12(6-11(16-17)15(18)19)9-3-4-13(20-2)14(5-9)21-10-7-22-8-10/h3-6,10H,7-8H2,1-2H3,(H,18,19). The van der Waals surface area contributed by atoms with Gasteiger partial charge in [-0.25, -0.2) is 4.79 Å². The Morgan fingerprint density at radius 2 is 2.14 bits per heavy atom. The van der Waals surface area contributed by atoms with Crippen molar-refractivity contribution in [2.45, 2.75) is 6.10 Å². The van der Waals surface area contributed by atoms with E-state index in [-0.39, 0.29) is 11.8 Å². The second-order valence-electron chi connectivity index (χ2n) is 4.99. The van der Waals surface area contributed by atoms with Crippen LogP contribution in [0.2, 0.25) is 0 Å². The predicted octanol–water partition coefficient (Wildman–Crippen LogP) is 2.29. The lowest BCUT2D eigenvalue weighted by Gasteiger charge is -2.26. The SMILES string of the molecule is COc1ccc(-c2cc(C(=O)O)nn2C)cc1OC1CSC1. The zero-order valence-corrected chi connectivity index (χ0v) is 13.1. The highest BCUT2D eigenvalue weighted by Crippen LogP contribution is 2.35. The summed E-state index contributed by atoms with van der Waals surface area (Å²) in [6.07, 6.45) is 0.204. The molecule has 1 aliphatic heterocycles. The van der Waals surface area contributed by atoms with Crippen molar-refractivity contribution >= 4 is 17.7 Å². The number of nitrogens with zero attached hydrogens (tertiary/aromatic N) is 2. The van der Waals surface area contributed by atoms with Gasteiger partial charge in [0, 0.05) is 24.1 Å². The lowest BCUT2D eigenvalue weighted by Crippen LogP contribution is -2.31. The first kappa shape index (κ1) is 14.8. The number of aromatic nitrogens is 2. The Bertz CT molecular complexity index is 710. The van der Waals surface area contributed by atoms with Crippen molar-refractivity contribution in [3.8, 4) is 22.8 Å². The molecule has 1 fully saturated rings. The third kappa shape index (κ3) is 2.76. The quantitative estimate of drug-likeness (QED) is 0.911. The van der Waals surface area contributed by atoms with Gasteiger partial charge < -0.3 is 14.6 Å². The second kappa shape index (κ2) is 5.92. The number of hydrogen-bond acceptors (Lipinski definition) is 5. The molecule has 1 aromatic carbocycles. The first-order valence-electron chi connectivity index (χ1n) is 6.78. The van der Waals surface area contributed by atoms with Crippen molar-refractivity contribution in [3.63, 3.8) is 0 Å². The number of thioether (sulfide) groups is 1. The number of benzene rings is 1. The smallest absolute Gasteiger partial charge is 0.356 e. The fourth-order valence-corrected chi connectivity index (χ4v) is 2.80. The molecule has 0 radical (unpaired) electrons. The van der Waals surface area contributed by atoms with Gasteiger partial charge in [-0.2, -0.15) is 16.9 Å². The van der Waals surface area contributed by atoms with Crippen LogP contribution in [0.1, 0.15) is 10.5 Å². The fraction of sp³-hybridized carbons (Fsp3) is 0.333. The van der Waals surface area contributed by atoms with Crippen molar-refractivity contribution in [1.82, 2.24) is 9.78 Å². The summed E-state index contributed by atoms with van der Waals surface area (Å²) in [4.78, 5) is 11.0. The minimum atomic E-state index is -1.04. The normalized spacial score (nSPS) is 14.5. The van der Waals surface area contributed by atoms with Gasteiger partial charge in [-0.1, -0.05) is 0 Å². The first-order chi connectivity index (χ1) is 10.6. The predicted molar refractivity (Wildman–Crippen MR) is 83.9 cm³/mol. The number of methoxy groups -OCH3 is 1. The Balaban J connectivity index is 1.96. The summed E-state index contributed by atoms with van der Waals surface area (Å²) in [6.45, 7) is 0. The minimum absolute atomic E-state index is 0.0196. The van der Waals surface area contributed by atoms with E-state index >= 15 is 0 Å². The van der Waals surface area contributed by atoms with Crippen LogP contribution in [0.4, 0.5) is 0 Å². The van der Waals surface area contributed by atoms with Crippen LogP contribution in [-0.4, -0.2) is 45.6 Å². The van der Waals surface area contributed by atoms with Gasteiger partial charge >= 0.3 is 5.97 Å². The molecule has 0 aliphatic carbocycles. The van der Waals surface area contributed by atoms with Gasteiger partial charge in [0.05, 0.1) is 12.8 Å². The number of rotatable bonds is 5. The zero-order chi connectivity index (χ0) is 15.7. The van der Waals surface area contributed by atoms with Gasteiger partial charge in [0.25, 0.3) is 0 Å². The maximum atomic E-state index is 11.0. The van der Waals surface area contributed by atoms with Crippen LogP contribution in [-0.2, 0) is 7.05 Å². The molecule has 7 heteroatoms. The Kier molecular flexibility index (Phi) is 3.98. The molecule has 0 bridgehead atoms. The second-order valence-corrected chi connectivity index (χ2v) is 6.06. The number of carbonyl (C=O) groups is 1. The zero-order valence-electron chi connectivity index (χ0n) is 12.3. The summed E-state index contributed by atoms with van der Waals surface area (Å²) in [5.41, 5.74) is 1.57. The fourth-order valence-electron chi connectivity index (χ4n) is 2.23. The molecule has 6 nitrogen and oxygen atoms in total. The summed E-state index contributed by atoms with van der Waals surface area (Å²) >= 11 is 1.84. The minimum Gasteiger partial charge on any atom is -0.493 e. The molecule has 3 rings (SSSR count). The van der Waals surface area contributed by atoms with Gasteiger partial charge in [0.15, 0.2) is 17.2 Å². The van der Waals surface area contributed by atoms with E-state index in [9.17, 15) is 4.79 Å². The summed E-state index contributed by atoms with van der Waals surface area (Å²) in [5, 5.41) is 13.0. The van der Waals surface area contributed by atoms with E-state index in [0.717, 1.165) is 17.1 Å². The molecule has 1 saturated heterocycles. The number of aryl methyl sites for hydroxylation is 1. The van der Waals surface area contributed by atoms with Crippen LogP contribution in [0.25, 0.3) is 11.3 Å². The maximum absolute atomic E-state index is 11.0. The molecule has 0 amide bonds. The monoisotopic (exact) mass is 320 g/mol. The molecule has 1 aliphatic rings. The van der Waals surface area contributed by atoms with Crippen LogP contribution in [0, 0.1) is 0 Å². The Morgan fingerprint density at radius 1 is 1.36 bits per heavy atom. The topological polar surface area (TPSA) is 73.6 Å². The van der Waals surface area contributed by atoms with Crippen molar-refractivity contribution in [3.05, 3.63) is 30.0 Å². The molecular weight excluding hydrogens is 304 g/mol. The molecular formula is C15H16N2O4S. The van der Waals surface area contributed by atoms with Crippen molar-refractivity contribution in [1.29, 1.82) is 0 Å². The van der Waals surface area contributed by atoms with Crippen LogP contribution >= 0.6 is 11.8 Å². The third-order valence-electron chi connectivity index (χ3n) is 3.46. The number of carboxylic acids is 1. The average Bonchev–Trinajstić information content (AvgIpc) is 2.85. The van der Waals surface area contributed by atoms with E-state index in [2.05, 4.69) is 5.10 Å². The molecule has 0 atom stereocenters. The van der Waals surface area contributed by atoms with Crippen LogP contribution in [0.3, 0.4) is 0 Å². The summed E-state index contributed by atoms with van der Waals surface area (Å²) in [6, 6.07) is 7.10. The van der Waals surface area contributed by atoms with E-state index in [1.54, 1.807) is 24.9 Å². The molecule has 0 spiro atoms. The van der Waals surface area contributed by atoms with E-state index in [0.29, 0.717) is 17.2 Å². The first-order valence-corrected chi connectivity index (χ1v) is 7.94. The van der Waals surface area contributed by atoms with E-state index in [1.807, 2.05) is 30.0 Å². The van der Waals surface area contributed by atoms with Crippen LogP contribution in [0.5, 0.6) is 11.5 Å². The number of carboxylic acid groups (broad SMARTS) is 1. The van der Waals surface area contributed by atoms with Crippen LogP contribution in [0.15, 0.2) is 24.3 Å². The summed E-state index contributed by atoms with van der Waals surface area (Å²) in [7, 11) is 3.32. The van der Waals surface area contributed by atoms with E-state index in [4.69, 9.17) is 14.6 Å². The molecule has 0 saturated carbocycles. The lowest BCUT2D eigenvalue weighted by molar-refractivity contribution is 0.0689. The Morgan fingerprint density at radius 3 is 2.68 bits per heavy atom. The number of aromatic carboxylic acids is 1. The van der Waals surface area contributed by atoms with Gasteiger partial charge in [-0.3, -0.25) is 4.68 Å². The maximum Gasteiger partial charge on any atom is 0.356 e. The van der Waals surface area contributed by atoms with E-state index < -0.39 is 5.97 Å². The van der Waals surface area contributed by atoms with Gasteiger partial charge in [0.1, 0.15) is 6.10 Å². The Hall–Kier alpha value is -2.15. The Labute approximate surface area is 132 Å². The lowest BCUT2D eigenvalue weighted by atomic mass is 10.1. The third-order valence-corrected chi connectivity index (χ3v) is 4.67. The highest BCUT2D eigenvalue weighted by molar-refractivity contribution is 8.00. The van der Waals surface area contributed by atoms with Crippen molar-refractivity contribution in [2.24, 2.45) is 7.05 Å². The molecule has 2 heterocycles.